The van der Waals surface area contributed by atoms with Gasteiger partial charge in [-0.2, -0.15) is 0 Å². The van der Waals surface area contributed by atoms with Crippen molar-refractivity contribution in [2.45, 2.75) is 25.5 Å². The molecule has 6 nitrogen and oxygen atoms in total. The van der Waals surface area contributed by atoms with Gasteiger partial charge in [0, 0.05) is 5.56 Å². The van der Waals surface area contributed by atoms with Gasteiger partial charge in [-0.3, -0.25) is 9.36 Å². The minimum absolute atomic E-state index is 0.141. The van der Waals surface area contributed by atoms with Gasteiger partial charge in [0.05, 0.1) is 34.3 Å². The van der Waals surface area contributed by atoms with Crippen LogP contribution in [0.15, 0.2) is 64.4 Å². The summed E-state index contributed by atoms with van der Waals surface area (Å²) in [6, 6.07) is 14.9. The minimum Gasteiger partial charge on any atom is -0.467 e. The van der Waals surface area contributed by atoms with Crippen LogP contribution in [0.4, 0.5) is 5.69 Å². The van der Waals surface area contributed by atoms with Crippen molar-refractivity contribution in [3.8, 4) is 11.4 Å². The summed E-state index contributed by atoms with van der Waals surface area (Å²) >= 11 is 14.0. The van der Waals surface area contributed by atoms with E-state index in [9.17, 15) is 4.79 Å². The lowest BCUT2D eigenvalue weighted by atomic mass is 10.1. The molecule has 1 amide bonds. The molecule has 2 aromatic carbocycles. The molecule has 1 N–H and O–H groups in total. The third kappa shape index (κ3) is 5.01. The van der Waals surface area contributed by atoms with E-state index in [1.54, 1.807) is 12.3 Å². The number of carbonyl (C=O) groups is 1. The molecule has 2 heterocycles. The van der Waals surface area contributed by atoms with Gasteiger partial charge in [-0.25, -0.2) is 0 Å². The van der Waals surface area contributed by atoms with E-state index in [2.05, 4.69) is 15.5 Å². The molecule has 0 aliphatic carbocycles. The molecule has 0 saturated heterocycles. The van der Waals surface area contributed by atoms with E-state index in [1.165, 1.54) is 11.8 Å². The van der Waals surface area contributed by atoms with Gasteiger partial charge < -0.3 is 9.73 Å². The molecule has 0 unspecified atom stereocenters. The molecule has 0 atom stereocenters. The van der Waals surface area contributed by atoms with Gasteiger partial charge in [0.2, 0.25) is 5.91 Å². The van der Waals surface area contributed by atoms with E-state index in [0.29, 0.717) is 33.3 Å². The summed E-state index contributed by atoms with van der Waals surface area (Å²) in [5.41, 5.74) is 3.33. The van der Waals surface area contributed by atoms with Gasteiger partial charge in [0.1, 0.15) is 5.76 Å². The number of furan rings is 1. The van der Waals surface area contributed by atoms with Crippen molar-refractivity contribution < 1.29 is 9.21 Å². The minimum atomic E-state index is -0.185. The van der Waals surface area contributed by atoms with E-state index >= 15 is 0 Å². The summed E-state index contributed by atoms with van der Waals surface area (Å²) < 4.78 is 7.40. The number of nitrogens with one attached hydrogen (secondary N) is 1. The van der Waals surface area contributed by atoms with Crippen LogP contribution in [0.5, 0.6) is 0 Å². The number of nitrogens with zero attached hydrogens (tertiary/aromatic N) is 3. The maximum atomic E-state index is 12.6. The fourth-order valence-electron chi connectivity index (χ4n) is 3.32. The zero-order valence-electron chi connectivity index (χ0n) is 17.4. The standard InChI is InChI=1S/C23H20Cl2N4O2S/c1-14-10-15(2)21(19(25)11-14)26-20(30)13-32-23-28-27-22(17-7-3-4-8-18(17)24)29(23)12-16-6-5-9-31-16/h3-11H,12-13H2,1-2H3,(H,26,30). The summed E-state index contributed by atoms with van der Waals surface area (Å²) in [5, 5.41) is 13.2. The molecule has 2 aromatic heterocycles. The van der Waals surface area contributed by atoms with Crippen molar-refractivity contribution in [1.82, 2.24) is 14.8 Å². The molecule has 4 rings (SSSR count). The Morgan fingerprint density at radius 3 is 2.62 bits per heavy atom. The Kier molecular flexibility index (Phi) is 6.89. The number of benzene rings is 2. The fraction of sp³-hybridized carbons (Fsp3) is 0.174. The number of carbonyl (C=O) groups excluding carboxylic acids is 1. The van der Waals surface area contributed by atoms with Crippen LogP contribution in [0.25, 0.3) is 11.4 Å². The topological polar surface area (TPSA) is 73.0 Å². The average Bonchev–Trinajstić information content (AvgIpc) is 3.40. The Morgan fingerprint density at radius 1 is 1.09 bits per heavy atom. The molecule has 0 radical (unpaired) electrons. The number of anilines is 1. The SMILES string of the molecule is Cc1cc(C)c(NC(=O)CSc2nnc(-c3ccccc3Cl)n2Cc2ccco2)c(Cl)c1. The summed E-state index contributed by atoms with van der Waals surface area (Å²) in [7, 11) is 0. The third-order valence-electron chi connectivity index (χ3n) is 4.75. The molecule has 4 aromatic rings. The molecule has 0 fully saturated rings. The van der Waals surface area contributed by atoms with E-state index in [4.69, 9.17) is 27.6 Å². The number of aromatic nitrogens is 3. The predicted molar refractivity (Wildman–Crippen MR) is 129 cm³/mol. The summed E-state index contributed by atoms with van der Waals surface area (Å²) in [5.74, 6) is 1.30. The lowest BCUT2D eigenvalue weighted by Crippen LogP contribution is -2.16. The van der Waals surface area contributed by atoms with Gasteiger partial charge >= 0.3 is 0 Å². The lowest BCUT2D eigenvalue weighted by Gasteiger charge is -2.12. The number of rotatable bonds is 7. The first-order valence-corrected chi connectivity index (χ1v) is 11.6. The van der Waals surface area contributed by atoms with E-state index < -0.39 is 0 Å². The normalized spacial score (nSPS) is 11.0. The molecule has 0 bridgehead atoms. The average molecular weight is 487 g/mol. The largest absolute Gasteiger partial charge is 0.467 e. The zero-order valence-corrected chi connectivity index (χ0v) is 19.8. The van der Waals surface area contributed by atoms with E-state index in [0.717, 1.165) is 22.5 Å². The highest BCUT2D eigenvalue weighted by Gasteiger charge is 2.19. The first-order chi connectivity index (χ1) is 15.4. The predicted octanol–water partition coefficient (Wildman–Crippen LogP) is 6.24. The van der Waals surface area contributed by atoms with Gasteiger partial charge in [-0.1, -0.05) is 53.2 Å². The number of thioether (sulfide) groups is 1. The Balaban J connectivity index is 1.56. The number of hydrogen-bond acceptors (Lipinski definition) is 5. The highest BCUT2D eigenvalue weighted by molar-refractivity contribution is 7.99. The van der Waals surface area contributed by atoms with E-state index in [1.807, 2.05) is 60.9 Å². The Bertz CT molecular complexity index is 1230. The van der Waals surface area contributed by atoms with Crippen molar-refractivity contribution in [2.75, 3.05) is 11.1 Å². The van der Waals surface area contributed by atoms with Crippen LogP contribution in [-0.4, -0.2) is 26.4 Å². The van der Waals surface area contributed by atoms with Gasteiger partial charge in [-0.05, 0) is 55.3 Å². The van der Waals surface area contributed by atoms with Crippen molar-refractivity contribution >= 4 is 46.6 Å². The van der Waals surface area contributed by atoms with Crippen LogP contribution < -0.4 is 5.32 Å². The first-order valence-electron chi connectivity index (χ1n) is 9.82. The number of amides is 1. The van der Waals surface area contributed by atoms with Crippen LogP contribution in [0, 0.1) is 13.8 Å². The monoisotopic (exact) mass is 486 g/mol. The van der Waals surface area contributed by atoms with Crippen LogP contribution in [0.3, 0.4) is 0 Å². The number of aryl methyl sites for hydroxylation is 2. The molecule has 9 heteroatoms. The Hall–Kier alpha value is -2.74. The molecule has 0 spiro atoms. The Morgan fingerprint density at radius 2 is 1.91 bits per heavy atom. The van der Waals surface area contributed by atoms with Crippen LogP contribution in [0.1, 0.15) is 16.9 Å². The van der Waals surface area contributed by atoms with E-state index in [-0.39, 0.29) is 11.7 Å². The smallest absolute Gasteiger partial charge is 0.234 e. The fourth-order valence-corrected chi connectivity index (χ4v) is 4.64. The van der Waals surface area contributed by atoms with Crippen LogP contribution in [-0.2, 0) is 11.3 Å². The van der Waals surface area contributed by atoms with Crippen molar-refractivity contribution in [1.29, 1.82) is 0 Å². The third-order valence-corrected chi connectivity index (χ3v) is 6.35. The molecule has 0 aliphatic heterocycles. The molecule has 32 heavy (non-hydrogen) atoms. The van der Waals surface area contributed by atoms with Crippen LogP contribution >= 0.6 is 35.0 Å². The van der Waals surface area contributed by atoms with Crippen molar-refractivity contribution in [2.24, 2.45) is 0 Å². The summed E-state index contributed by atoms with van der Waals surface area (Å²) in [6.45, 7) is 4.29. The van der Waals surface area contributed by atoms with Gasteiger partial charge in [-0.15, -0.1) is 10.2 Å². The van der Waals surface area contributed by atoms with Crippen LogP contribution in [0.2, 0.25) is 10.0 Å². The molecule has 0 aliphatic rings. The van der Waals surface area contributed by atoms with Gasteiger partial charge in [0.25, 0.3) is 0 Å². The maximum Gasteiger partial charge on any atom is 0.234 e. The second-order valence-electron chi connectivity index (χ2n) is 7.23. The Labute approximate surface area is 199 Å². The van der Waals surface area contributed by atoms with Gasteiger partial charge in [0.15, 0.2) is 11.0 Å². The van der Waals surface area contributed by atoms with Crippen molar-refractivity contribution in [3.05, 3.63) is 81.7 Å². The zero-order chi connectivity index (χ0) is 22.7. The lowest BCUT2D eigenvalue weighted by molar-refractivity contribution is -0.113. The number of hydrogen-bond donors (Lipinski definition) is 1. The molecular weight excluding hydrogens is 467 g/mol. The second kappa shape index (κ2) is 9.81. The molecule has 0 saturated carbocycles. The number of halogens is 2. The molecule has 164 valence electrons. The second-order valence-corrected chi connectivity index (χ2v) is 8.98. The highest BCUT2D eigenvalue weighted by atomic mass is 35.5. The highest BCUT2D eigenvalue weighted by Crippen LogP contribution is 2.31. The quantitative estimate of drug-likeness (QED) is 0.313. The van der Waals surface area contributed by atoms with Crippen molar-refractivity contribution in [3.63, 3.8) is 0 Å². The summed E-state index contributed by atoms with van der Waals surface area (Å²) in [6.07, 6.45) is 1.61. The molecular formula is C23H20Cl2N4O2S. The first kappa shape index (κ1) is 22.5. The summed E-state index contributed by atoms with van der Waals surface area (Å²) in [4.78, 5) is 12.6. The maximum absolute atomic E-state index is 12.6.